The molecule has 0 unspecified atom stereocenters. The zero-order valence-electron chi connectivity index (χ0n) is 13.3. The van der Waals surface area contributed by atoms with E-state index in [-0.39, 0.29) is 0 Å². The number of hydrogen-bond donors (Lipinski definition) is 2. The molecule has 2 rings (SSSR count). The Balaban J connectivity index is 2.39. The summed E-state index contributed by atoms with van der Waals surface area (Å²) in [7, 11) is 3.28. The normalized spacial score (nSPS) is 10.8. The van der Waals surface area contributed by atoms with Crippen molar-refractivity contribution in [3.05, 3.63) is 23.9 Å². The van der Waals surface area contributed by atoms with Gasteiger partial charge in [0.05, 0.1) is 14.2 Å². The topological polar surface area (TPSA) is 59.2 Å². The molecule has 0 aliphatic carbocycles. The monoisotopic (exact) mass is 289 g/mol. The number of H-pyrrole nitrogens is 1. The average Bonchev–Trinajstić information content (AvgIpc) is 2.85. The van der Waals surface area contributed by atoms with E-state index in [1.54, 1.807) is 14.2 Å². The first-order valence-electron chi connectivity index (χ1n) is 7.08. The first kappa shape index (κ1) is 15.2. The van der Waals surface area contributed by atoms with Crippen LogP contribution in [-0.2, 0) is 0 Å². The lowest BCUT2D eigenvalue weighted by Gasteiger charge is -2.12. The van der Waals surface area contributed by atoms with E-state index in [0.29, 0.717) is 11.7 Å². The molecule has 5 heteroatoms. The number of hydrogen-bond acceptors (Lipinski definition) is 4. The molecule has 0 amide bonds. The maximum absolute atomic E-state index is 5.38. The molecule has 2 N–H and O–H groups in total. The van der Waals surface area contributed by atoms with Crippen LogP contribution in [0.3, 0.4) is 0 Å². The van der Waals surface area contributed by atoms with Crippen molar-refractivity contribution in [3.63, 3.8) is 0 Å². The molecule has 0 atom stereocenters. The highest BCUT2D eigenvalue weighted by molar-refractivity contribution is 5.79. The van der Waals surface area contributed by atoms with E-state index in [1.165, 1.54) is 0 Å². The molecule has 114 valence electrons. The van der Waals surface area contributed by atoms with Crippen LogP contribution in [0.2, 0.25) is 0 Å². The Morgan fingerprint density at radius 2 is 1.90 bits per heavy atom. The number of methoxy groups -OCH3 is 2. The molecule has 0 bridgehead atoms. The van der Waals surface area contributed by atoms with Gasteiger partial charge >= 0.3 is 0 Å². The first-order valence-corrected chi connectivity index (χ1v) is 7.08. The van der Waals surface area contributed by atoms with Gasteiger partial charge in [0.1, 0.15) is 0 Å². The zero-order valence-corrected chi connectivity index (χ0v) is 13.3. The van der Waals surface area contributed by atoms with Crippen LogP contribution in [0.15, 0.2) is 18.2 Å². The Morgan fingerprint density at radius 3 is 2.52 bits per heavy atom. The summed E-state index contributed by atoms with van der Waals surface area (Å²) < 4.78 is 10.7. The standard InChI is InChI=1S/C16H23N3O2/c1-10(2)9-17-16-15(11(3)18-19-16)12-6-7-13(20-4)14(8-12)21-5/h6-8,10H,9H2,1-5H3,(H2,17,18,19). The highest BCUT2D eigenvalue weighted by atomic mass is 16.5. The zero-order chi connectivity index (χ0) is 15.4. The molecule has 0 spiro atoms. The number of nitrogens with one attached hydrogen (secondary N) is 2. The van der Waals surface area contributed by atoms with Gasteiger partial charge < -0.3 is 14.8 Å². The van der Waals surface area contributed by atoms with Gasteiger partial charge in [0.2, 0.25) is 0 Å². The molecule has 21 heavy (non-hydrogen) atoms. The predicted molar refractivity (Wildman–Crippen MR) is 85.2 cm³/mol. The van der Waals surface area contributed by atoms with Crippen LogP contribution in [-0.4, -0.2) is 31.0 Å². The van der Waals surface area contributed by atoms with Crippen LogP contribution in [0.4, 0.5) is 5.82 Å². The summed E-state index contributed by atoms with van der Waals surface area (Å²) >= 11 is 0. The molecule has 1 aromatic heterocycles. The van der Waals surface area contributed by atoms with Crippen LogP contribution >= 0.6 is 0 Å². The number of aryl methyl sites for hydroxylation is 1. The summed E-state index contributed by atoms with van der Waals surface area (Å²) in [6.07, 6.45) is 0. The Labute approximate surface area is 125 Å². The first-order chi connectivity index (χ1) is 10.1. The van der Waals surface area contributed by atoms with E-state index in [4.69, 9.17) is 9.47 Å². The van der Waals surface area contributed by atoms with E-state index in [9.17, 15) is 0 Å². The summed E-state index contributed by atoms with van der Waals surface area (Å²) in [6, 6.07) is 5.89. The second kappa shape index (κ2) is 6.52. The van der Waals surface area contributed by atoms with Crippen molar-refractivity contribution < 1.29 is 9.47 Å². The molecule has 0 fully saturated rings. The van der Waals surface area contributed by atoms with E-state index in [0.717, 1.165) is 34.9 Å². The fraction of sp³-hybridized carbons (Fsp3) is 0.438. The van der Waals surface area contributed by atoms with Crippen molar-refractivity contribution in [1.82, 2.24) is 10.2 Å². The molecule has 1 heterocycles. The number of nitrogens with zero attached hydrogens (tertiary/aromatic N) is 1. The van der Waals surface area contributed by atoms with Crippen molar-refractivity contribution in [2.45, 2.75) is 20.8 Å². The van der Waals surface area contributed by atoms with Gasteiger partial charge in [0, 0.05) is 17.8 Å². The maximum atomic E-state index is 5.38. The SMILES string of the molecule is COc1ccc(-c2c(NCC(C)C)n[nH]c2C)cc1OC. The number of rotatable bonds is 6. The summed E-state index contributed by atoms with van der Waals surface area (Å²) in [6.45, 7) is 7.23. The fourth-order valence-electron chi connectivity index (χ4n) is 2.20. The molecule has 2 aromatic rings. The summed E-state index contributed by atoms with van der Waals surface area (Å²) in [5.41, 5.74) is 3.13. The van der Waals surface area contributed by atoms with Gasteiger partial charge in [-0.05, 0) is 30.5 Å². The Morgan fingerprint density at radius 1 is 1.19 bits per heavy atom. The van der Waals surface area contributed by atoms with Crippen molar-refractivity contribution in [3.8, 4) is 22.6 Å². The van der Waals surface area contributed by atoms with Gasteiger partial charge in [-0.1, -0.05) is 19.9 Å². The molecule has 0 aliphatic rings. The average molecular weight is 289 g/mol. The quantitative estimate of drug-likeness (QED) is 0.855. The van der Waals surface area contributed by atoms with E-state index in [2.05, 4.69) is 29.4 Å². The third-order valence-electron chi connectivity index (χ3n) is 3.30. The van der Waals surface area contributed by atoms with Gasteiger partial charge in [-0.25, -0.2) is 0 Å². The van der Waals surface area contributed by atoms with Crippen molar-refractivity contribution in [2.75, 3.05) is 26.1 Å². The lowest BCUT2D eigenvalue weighted by atomic mass is 10.0. The number of aromatic amines is 1. The summed E-state index contributed by atoms with van der Waals surface area (Å²) in [4.78, 5) is 0. The van der Waals surface area contributed by atoms with Crippen molar-refractivity contribution in [2.24, 2.45) is 5.92 Å². The van der Waals surface area contributed by atoms with Crippen LogP contribution in [0.1, 0.15) is 19.5 Å². The molecular weight excluding hydrogens is 266 g/mol. The minimum Gasteiger partial charge on any atom is -0.493 e. The second-order valence-corrected chi connectivity index (χ2v) is 5.42. The number of ether oxygens (including phenoxy) is 2. The van der Waals surface area contributed by atoms with Crippen molar-refractivity contribution >= 4 is 5.82 Å². The maximum Gasteiger partial charge on any atom is 0.161 e. The third kappa shape index (κ3) is 3.29. The van der Waals surface area contributed by atoms with Gasteiger partial charge in [0.25, 0.3) is 0 Å². The Hall–Kier alpha value is -2.17. The van der Waals surface area contributed by atoms with Gasteiger partial charge in [0.15, 0.2) is 17.3 Å². The molecule has 0 radical (unpaired) electrons. The van der Waals surface area contributed by atoms with Crippen LogP contribution in [0, 0.1) is 12.8 Å². The second-order valence-electron chi connectivity index (χ2n) is 5.42. The third-order valence-corrected chi connectivity index (χ3v) is 3.30. The molecule has 1 aromatic carbocycles. The predicted octanol–water partition coefficient (Wildman–Crippen LogP) is 3.47. The molecule has 0 aliphatic heterocycles. The molecule has 5 nitrogen and oxygen atoms in total. The smallest absolute Gasteiger partial charge is 0.161 e. The van der Waals surface area contributed by atoms with E-state index < -0.39 is 0 Å². The van der Waals surface area contributed by atoms with Crippen LogP contribution in [0.25, 0.3) is 11.1 Å². The Bertz CT molecular complexity index is 606. The van der Waals surface area contributed by atoms with Gasteiger partial charge in [-0.15, -0.1) is 0 Å². The number of anilines is 1. The van der Waals surface area contributed by atoms with Gasteiger partial charge in [-0.3, -0.25) is 5.10 Å². The molecule has 0 saturated heterocycles. The number of benzene rings is 1. The Kier molecular flexibility index (Phi) is 4.73. The van der Waals surface area contributed by atoms with Crippen molar-refractivity contribution in [1.29, 1.82) is 0 Å². The minimum atomic E-state index is 0.556. The highest BCUT2D eigenvalue weighted by Gasteiger charge is 2.15. The van der Waals surface area contributed by atoms with Gasteiger partial charge in [-0.2, -0.15) is 5.10 Å². The van der Waals surface area contributed by atoms with E-state index in [1.807, 2.05) is 25.1 Å². The largest absolute Gasteiger partial charge is 0.493 e. The van der Waals surface area contributed by atoms with E-state index >= 15 is 0 Å². The summed E-state index contributed by atoms with van der Waals surface area (Å²) in [5, 5.41) is 10.8. The lowest BCUT2D eigenvalue weighted by molar-refractivity contribution is 0.355. The van der Waals surface area contributed by atoms with Crippen LogP contribution < -0.4 is 14.8 Å². The minimum absolute atomic E-state index is 0.556. The summed E-state index contributed by atoms with van der Waals surface area (Å²) in [5.74, 6) is 2.86. The molecular formula is C16H23N3O2. The number of aromatic nitrogens is 2. The lowest BCUT2D eigenvalue weighted by Crippen LogP contribution is -2.08. The fourth-order valence-corrected chi connectivity index (χ4v) is 2.20. The molecule has 0 saturated carbocycles. The highest BCUT2D eigenvalue weighted by Crippen LogP contribution is 2.36. The van der Waals surface area contributed by atoms with Crippen LogP contribution in [0.5, 0.6) is 11.5 Å².